The Morgan fingerprint density at radius 1 is 0.953 bits per heavy atom. The van der Waals surface area contributed by atoms with Crippen LogP contribution < -0.4 is 21.5 Å². The van der Waals surface area contributed by atoms with Crippen LogP contribution in [-0.2, 0) is 6.54 Å². The molecular weight excluding hydrogens is 542 g/mol. The van der Waals surface area contributed by atoms with Crippen LogP contribution in [0.3, 0.4) is 0 Å². The van der Waals surface area contributed by atoms with Gasteiger partial charge in [-0.25, -0.2) is 15.0 Å². The van der Waals surface area contributed by atoms with Crippen molar-refractivity contribution in [3.05, 3.63) is 114 Å². The lowest BCUT2D eigenvalue weighted by atomic mass is 10.1. The number of aromatic nitrogens is 4. The van der Waals surface area contributed by atoms with Crippen molar-refractivity contribution in [3.63, 3.8) is 0 Å². The molecular formula is C33H27N7O3. The van der Waals surface area contributed by atoms with E-state index in [1.54, 1.807) is 6.20 Å². The van der Waals surface area contributed by atoms with E-state index >= 15 is 0 Å². The number of rotatable bonds is 8. The topological polar surface area (TPSA) is 151 Å². The monoisotopic (exact) mass is 569 g/mol. The van der Waals surface area contributed by atoms with Crippen LogP contribution in [-0.4, -0.2) is 38.8 Å². The van der Waals surface area contributed by atoms with Crippen LogP contribution in [0.5, 0.6) is 5.75 Å². The highest BCUT2D eigenvalue weighted by Gasteiger charge is 2.19. The van der Waals surface area contributed by atoms with E-state index in [1.165, 1.54) is 19.2 Å². The lowest BCUT2D eigenvalue weighted by Gasteiger charge is -2.13. The number of hydrogen-bond donors (Lipinski definition) is 3. The van der Waals surface area contributed by atoms with Gasteiger partial charge in [-0.15, -0.1) is 0 Å². The number of anilines is 2. The van der Waals surface area contributed by atoms with E-state index in [-0.39, 0.29) is 23.4 Å². The number of pyridine rings is 2. The number of carbonyl (C=O) groups is 2. The third-order valence-corrected chi connectivity index (χ3v) is 7.07. The minimum atomic E-state index is -0.403. The third kappa shape index (κ3) is 5.24. The van der Waals surface area contributed by atoms with Gasteiger partial charge in [-0.2, -0.15) is 0 Å². The van der Waals surface area contributed by atoms with Crippen molar-refractivity contribution in [2.75, 3.05) is 18.6 Å². The highest BCUT2D eigenvalue weighted by atomic mass is 16.5. The highest BCUT2D eigenvalue weighted by molar-refractivity contribution is 6.01. The summed E-state index contributed by atoms with van der Waals surface area (Å²) in [5.41, 5.74) is 18.5. The van der Waals surface area contributed by atoms with Crippen molar-refractivity contribution < 1.29 is 14.3 Å². The largest absolute Gasteiger partial charge is 0.496 e. The van der Waals surface area contributed by atoms with Gasteiger partial charge in [0.25, 0.3) is 5.91 Å². The number of amides is 1. The highest BCUT2D eigenvalue weighted by Crippen LogP contribution is 2.32. The summed E-state index contributed by atoms with van der Waals surface area (Å²) in [5, 5.41) is 2.87. The van der Waals surface area contributed by atoms with E-state index in [9.17, 15) is 9.59 Å². The molecule has 0 aliphatic rings. The maximum atomic E-state index is 12.9. The molecule has 3 aromatic carbocycles. The lowest BCUT2D eigenvalue weighted by molar-refractivity contribution is 0.0951. The molecule has 0 fully saturated rings. The number of nitrogen functional groups attached to an aromatic ring is 2. The number of methoxy groups -OCH3 is 1. The van der Waals surface area contributed by atoms with Crippen LogP contribution in [0.4, 0.5) is 11.5 Å². The summed E-state index contributed by atoms with van der Waals surface area (Å²) in [4.78, 5) is 38.4. The minimum Gasteiger partial charge on any atom is -0.496 e. The van der Waals surface area contributed by atoms with Crippen LogP contribution in [0.25, 0.3) is 39.5 Å². The molecule has 0 bridgehead atoms. The average molecular weight is 570 g/mol. The summed E-state index contributed by atoms with van der Waals surface area (Å²) in [6.45, 7) is 0.241. The van der Waals surface area contributed by atoms with Crippen molar-refractivity contribution in [3.8, 4) is 34.1 Å². The molecule has 0 radical (unpaired) electrons. The van der Waals surface area contributed by atoms with E-state index in [2.05, 4.69) is 10.3 Å². The SMILES string of the molecule is COc1cc(N)c(C(=O)NCc2ccc(-n3c(-c4cccnc4N)nc4ccc(-c5ccccc5)nc43)cc2)cc1C=O. The number of ether oxygens (including phenoxy) is 1. The Labute approximate surface area is 247 Å². The van der Waals surface area contributed by atoms with Gasteiger partial charge in [0.2, 0.25) is 0 Å². The Hall–Kier alpha value is -6.03. The van der Waals surface area contributed by atoms with Crippen molar-refractivity contribution in [1.29, 1.82) is 0 Å². The number of nitrogens with zero attached hydrogens (tertiary/aromatic N) is 4. The fourth-order valence-electron chi connectivity index (χ4n) is 4.88. The Kier molecular flexibility index (Phi) is 7.23. The van der Waals surface area contributed by atoms with E-state index < -0.39 is 5.91 Å². The first-order chi connectivity index (χ1) is 21.0. The summed E-state index contributed by atoms with van der Waals surface area (Å²) in [6, 6.07) is 28.1. The predicted molar refractivity (Wildman–Crippen MR) is 166 cm³/mol. The number of nitrogens with two attached hydrogens (primary N) is 2. The van der Waals surface area contributed by atoms with Crippen LogP contribution in [0.2, 0.25) is 0 Å². The van der Waals surface area contributed by atoms with E-state index in [0.29, 0.717) is 40.4 Å². The Bertz CT molecular complexity index is 1970. The number of nitrogens with one attached hydrogen (secondary N) is 1. The number of hydrogen-bond acceptors (Lipinski definition) is 8. The first-order valence-corrected chi connectivity index (χ1v) is 13.4. The van der Waals surface area contributed by atoms with Crippen molar-refractivity contribution >= 4 is 34.9 Å². The summed E-state index contributed by atoms with van der Waals surface area (Å²) in [5.74, 6) is 0.877. The van der Waals surface area contributed by atoms with Gasteiger partial charge in [-0.05, 0) is 48.0 Å². The quantitative estimate of drug-likeness (QED) is 0.170. The minimum absolute atomic E-state index is 0.198. The predicted octanol–water partition coefficient (Wildman–Crippen LogP) is 5.07. The molecule has 0 saturated carbocycles. The molecule has 3 aromatic heterocycles. The normalized spacial score (nSPS) is 10.9. The average Bonchev–Trinajstić information content (AvgIpc) is 3.42. The standard InChI is InChI=1S/C33H27N7O3/c1-43-29-17-26(34)25(16-22(29)19-41)33(42)37-18-20-9-11-23(12-10-20)40-31(24-8-5-15-36-30(24)35)39-28-14-13-27(38-32(28)40)21-6-3-2-4-7-21/h2-17,19H,18,34H2,1H3,(H2,35,36)(H,37,42). The Balaban J connectivity index is 1.34. The lowest BCUT2D eigenvalue weighted by Crippen LogP contribution is -2.24. The first-order valence-electron chi connectivity index (χ1n) is 13.4. The van der Waals surface area contributed by atoms with Crippen LogP contribution >= 0.6 is 0 Å². The molecule has 0 aliphatic carbocycles. The number of carbonyl (C=O) groups excluding carboxylic acids is 2. The summed E-state index contributed by atoms with van der Waals surface area (Å²) in [7, 11) is 1.44. The van der Waals surface area contributed by atoms with E-state index in [4.69, 9.17) is 26.2 Å². The summed E-state index contributed by atoms with van der Waals surface area (Å²) >= 11 is 0. The molecule has 6 rings (SSSR count). The van der Waals surface area contributed by atoms with Crippen molar-refractivity contribution in [1.82, 2.24) is 24.8 Å². The molecule has 0 aliphatic heterocycles. The van der Waals surface area contributed by atoms with Gasteiger partial charge in [0.1, 0.15) is 17.1 Å². The van der Waals surface area contributed by atoms with Gasteiger partial charge in [0, 0.05) is 35.7 Å². The zero-order valence-electron chi connectivity index (χ0n) is 23.2. The molecule has 0 spiro atoms. The van der Waals surface area contributed by atoms with Gasteiger partial charge in [0.05, 0.1) is 29.5 Å². The van der Waals surface area contributed by atoms with Crippen molar-refractivity contribution in [2.24, 2.45) is 0 Å². The molecule has 0 unspecified atom stereocenters. The molecule has 1 amide bonds. The first kappa shape index (κ1) is 27.2. The van der Waals surface area contributed by atoms with Crippen LogP contribution in [0.1, 0.15) is 26.3 Å². The number of benzene rings is 3. The van der Waals surface area contributed by atoms with E-state index in [1.807, 2.05) is 83.4 Å². The zero-order valence-corrected chi connectivity index (χ0v) is 23.2. The molecule has 6 aromatic rings. The zero-order chi connectivity index (χ0) is 29.9. The van der Waals surface area contributed by atoms with Crippen LogP contribution in [0.15, 0.2) is 97.2 Å². The van der Waals surface area contributed by atoms with Gasteiger partial charge in [-0.1, -0.05) is 42.5 Å². The fraction of sp³-hybridized carbons (Fsp3) is 0.0606. The summed E-state index contributed by atoms with van der Waals surface area (Å²) in [6.07, 6.45) is 2.26. The third-order valence-electron chi connectivity index (χ3n) is 7.07. The summed E-state index contributed by atoms with van der Waals surface area (Å²) < 4.78 is 7.11. The fourth-order valence-corrected chi connectivity index (χ4v) is 4.88. The van der Waals surface area contributed by atoms with Gasteiger partial charge < -0.3 is 21.5 Å². The van der Waals surface area contributed by atoms with Gasteiger partial charge >= 0.3 is 0 Å². The number of imidazole rings is 1. The molecule has 0 saturated heterocycles. The number of aldehydes is 1. The van der Waals surface area contributed by atoms with Gasteiger partial charge in [-0.3, -0.25) is 14.2 Å². The Morgan fingerprint density at radius 2 is 1.74 bits per heavy atom. The number of fused-ring (bicyclic) bond motifs is 1. The molecule has 3 heterocycles. The molecule has 10 nitrogen and oxygen atoms in total. The molecule has 5 N–H and O–H groups in total. The second-order valence-corrected chi connectivity index (χ2v) is 9.76. The molecule has 43 heavy (non-hydrogen) atoms. The van der Waals surface area contributed by atoms with Crippen LogP contribution in [0, 0.1) is 0 Å². The molecule has 10 heteroatoms. The second-order valence-electron chi connectivity index (χ2n) is 9.76. The maximum Gasteiger partial charge on any atom is 0.253 e. The smallest absolute Gasteiger partial charge is 0.253 e. The van der Waals surface area contributed by atoms with Gasteiger partial charge in [0.15, 0.2) is 17.8 Å². The Morgan fingerprint density at radius 3 is 2.47 bits per heavy atom. The van der Waals surface area contributed by atoms with E-state index in [0.717, 1.165) is 22.5 Å². The molecule has 212 valence electrons. The molecule has 0 atom stereocenters. The second kappa shape index (κ2) is 11.5. The van der Waals surface area contributed by atoms with Crippen molar-refractivity contribution in [2.45, 2.75) is 6.54 Å². The maximum absolute atomic E-state index is 12.9.